The van der Waals surface area contributed by atoms with E-state index in [4.69, 9.17) is 4.74 Å². The Kier molecular flexibility index (Phi) is 5.15. The summed E-state index contributed by atoms with van der Waals surface area (Å²) in [6, 6.07) is 0. The number of aromatic nitrogens is 2. The first kappa shape index (κ1) is 13.7. The number of carbonyl (C=O) groups is 1. The monoisotopic (exact) mass is 239 g/mol. The van der Waals surface area contributed by atoms with E-state index in [9.17, 15) is 4.79 Å². The van der Waals surface area contributed by atoms with Gasteiger partial charge in [0.2, 0.25) is 0 Å². The summed E-state index contributed by atoms with van der Waals surface area (Å²) >= 11 is 0. The summed E-state index contributed by atoms with van der Waals surface area (Å²) < 4.78 is 6.60. The summed E-state index contributed by atoms with van der Waals surface area (Å²) in [6.45, 7) is 6.28. The van der Waals surface area contributed by atoms with Gasteiger partial charge in [0.25, 0.3) is 0 Å². The van der Waals surface area contributed by atoms with Crippen molar-refractivity contribution in [2.24, 2.45) is 5.92 Å². The zero-order chi connectivity index (χ0) is 12.8. The molecular weight excluding hydrogens is 218 g/mol. The molecule has 0 aliphatic carbocycles. The summed E-state index contributed by atoms with van der Waals surface area (Å²) in [6.07, 6.45) is 3.89. The van der Waals surface area contributed by atoms with Gasteiger partial charge < -0.3 is 9.64 Å². The molecule has 0 spiro atoms. The third-order valence-electron chi connectivity index (χ3n) is 2.65. The Balaban J connectivity index is 2.43. The standard InChI is InChI=1S/C12H21N3O2/c1-5-15-9-11(6-13-15)8-14(3)7-10(2)12(16)17-4/h6,9-10H,5,7-8H2,1-4H3. The molecule has 96 valence electrons. The molecule has 0 bridgehead atoms. The van der Waals surface area contributed by atoms with Crippen molar-refractivity contribution in [3.8, 4) is 0 Å². The lowest BCUT2D eigenvalue weighted by Crippen LogP contribution is -2.28. The Bertz CT molecular complexity index is 362. The Morgan fingerprint density at radius 3 is 2.88 bits per heavy atom. The molecule has 0 amide bonds. The van der Waals surface area contributed by atoms with Gasteiger partial charge in [-0.05, 0) is 14.0 Å². The zero-order valence-corrected chi connectivity index (χ0v) is 11.0. The largest absolute Gasteiger partial charge is 0.469 e. The molecule has 0 fully saturated rings. The normalized spacial score (nSPS) is 12.8. The van der Waals surface area contributed by atoms with E-state index in [0.717, 1.165) is 18.7 Å². The third-order valence-corrected chi connectivity index (χ3v) is 2.65. The Morgan fingerprint density at radius 2 is 2.35 bits per heavy atom. The fraction of sp³-hybridized carbons (Fsp3) is 0.667. The minimum atomic E-state index is -0.166. The maximum absolute atomic E-state index is 11.3. The molecule has 1 rings (SSSR count). The van der Waals surface area contributed by atoms with Crippen molar-refractivity contribution in [3.05, 3.63) is 18.0 Å². The van der Waals surface area contributed by atoms with Gasteiger partial charge in [-0.2, -0.15) is 5.10 Å². The molecule has 0 aliphatic heterocycles. The Hall–Kier alpha value is -1.36. The average Bonchev–Trinajstić information content (AvgIpc) is 2.75. The molecule has 0 N–H and O–H groups in total. The van der Waals surface area contributed by atoms with Crippen LogP contribution >= 0.6 is 0 Å². The van der Waals surface area contributed by atoms with Gasteiger partial charge in [0, 0.05) is 31.4 Å². The minimum Gasteiger partial charge on any atom is -0.469 e. The topological polar surface area (TPSA) is 47.4 Å². The van der Waals surface area contributed by atoms with Gasteiger partial charge >= 0.3 is 5.97 Å². The molecule has 1 heterocycles. The molecule has 17 heavy (non-hydrogen) atoms. The van der Waals surface area contributed by atoms with Crippen LogP contribution in [0.15, 0.2) is 12.4 Å². The van der Waals surface area contributed by atoms with Crippen molar-refractivity contribution in [2.75, 3.05) is 20.7 Å². The number of aryl methyl sites for hydroxylation is 1. The molecule has 1 aromatic heterocycles. The first-order valence-corrected chi connectivity index (χ1v) is 5.84. The summed E-state index contributed by atoms with van der Waals surface area (Å²) in [7, 11) is 3.41. The van der Waals surface area contributed by atoms with Crippen molar-refractivity contribution >= 4 is 5.97 Å². The van der Waals surface area contributed by atoms with Crippen LogP contribution in [0.3, 0.4) is 0 Å². The van der Waals surface area contributed by atoms with Gasteiger partial charge in [-0.3, -0.25) is 9.48 Å². The van der Waals surface area contributed by atoms with Gasteiger partial charge in [0.1, 0.15) is 0 Å². The van der Waals surface area contributed by atoms with Crippen molar-refractivity contribution in [3.63, 3.8) is 0 Å². The molecule has 1 unspecified atom stereocenters. The lowest BCUT2D eigenvalue weighted by molar-refractivity contribution is -0.145. The fourth-order valence-electron chi connectivity index (χ4n) is 1.78. The van der Waals surface area contributed by atoms with Crippen LogP contribution in [0.5, 0.6) is 0 Å². The highest BCUT2D eigenvalue weighted by Gasteiger charge is 2.15. The second-order valence-electron chi connectivity index (χ2n) is 4.33. The predicted molar refractivity (Wildman–Crippen MR) is 65.4 cm³/mol. The van der Waals surface area contributed by atoms with Gasteiger partial charge in [-0.1, -0.05) is 6.92 Å². The van der Waals surface area contributed by atoms with Crippen molar-refractivity contribution in [1.82, 2.24) is 14.7 Å². The number of nitrogens with zero attached hydrogens (tertiary/aromatic N) is 3. The van der Waals surface area contributed by atoms with Gasteiger partial charge in [0.05, 0.1) is 19.2 Å². The summed E-state index contributed by atoms with van der Waals surface area (Å²) in [5.74, 6) is -0.271. The van der Waals surface area contributed by atoms with Crippen LogP contribution in [0.1, 0.15) is 19.4 Å². The first-order chi connectivity index (χ1) is 8.06. The minimum absolute atomic E-state index is 0.105. The molecule has 5 nitrogen and oxygen atoms in total. The SMILES string of the molecule is CCn1cc(CN(C)CC(C)C(=O)OC)cn1. The summed E-state index contributed by atoms with van der Waals surface area (Å²) in [5.41, 5.74) is 1.16. The number of ether oxygens (including phenoxy) is 1. The van der Waals surface area contributed by atoms with Crippen LogP contribution in [-0.2, 0) is 22.6 Å². The smallest absolute Gasteiger partial charge is 0.309 e. The van der Waals surface area contributed by atoms with Crippen LogP contribution in [-0.4, -0.2) is 41.4 Å². The van der Waals surface area contributed by atoms with E-state index < -0.39 is 0 Å². The number of esters is 1. The van der Waals surface area contributed by atoms with E-state index >= 15 is 0 Å². The third kappa shape index (κ3) is 4.19. The van der Waals surface area contributed by atoms with E-state index in [2.05, 4.69) is 16.9 Å². The molecule has 1 atom stereocenters. The maximum Gasteiger partial charge on any atom is 0.309 e. The Morgan fingerprint density at radius 1 is 1.65 bits per heavy atom. The van der Waals surface area contributed by atoms with E-state index in [0.29, 0.717) is 6.54 Å². The highest BCUT2D eigenvalue weighted by atomic mass is 16.5. The van der Waals surface area contributed by atoms with E-state index in [-0.39, 0.29) is 11.9 Å². The van der Waals surface area contributed by atoms with E-state index in [1.807, 2.05) is 31.0 Å². The highest BCUT2D eigenvalue weighted by Crippen LogP contribution is 2.06. The molecule has 0 aliphatic rings. The lowest BCUT2D eigenvalue weighted by Gasteiger charge is -2.18. The number of rotatable bonds is 6. The quantitative estimate of drug-likeness (QED) is 0.699. The number of carbonyl (C=O) groups excluding carboxylic acids is 1. The summed E-state index contributed by atoms with van der Waals surface area (Å²) in [4.78, 5) is 13.4. The van der Waals surface area contributed by atoms with Crippen LogP contribution in [0, 0.1) is 5.92 Å². The number of hydrogen-bond acceptors (Lipinski definition) is 4. The van der Waals surface area contributed by atoms with Crippen LogP contribution in [0.25, 0.3) is 0 Å². The molecule has 0 radical (unpaired) electrons. The fourth-order valence-corrected chi connectivity index (χ4v) is 1.78. The van der Waals surface area contributed by atoms with Crippen molar-refractivity contribution in [2.45, 2.75) is 26.9 Å². The van der Waals surface area contributed by atoms with Crippen LogP contribution in [0.2, 0.25) is 0 Å². The first-order valence-electron chi connectivity index (χ1n) is 5.84. The number of methoxy groups -OCH3 is 1. The number of hydrogen-bond donors (Lipinski definition) is 0. The van der Waals surface area contributed by atoms with Crippen molar-refractivity contribution < 1.29 is 9.53 Å². The molecular formula is C12H21N3O2. The summed E-state index contributed by atoms with van der Waals surface area (Å²) in [5, 5.41) is 4.22. The van der Waals surface area contributed by atoms with E-state index in [1.54, 1.807) is 0 Å². The predicted octanol–water partition coefficient (Wildman–Crippen LogP) is 1.14. The average molecular weight is 239 g/mol. The lowest BCUT2D eigenvalue weighted by atomic mass is 10.1. The molecule has 0 aromatic carbocycles. The second-order valence-corrected chi connectivity index (χ2v) is 4.33. The van der Waals surface area contributed by atoms with Crippen LogP contribution < -0.4 is 0 Å². The van der Waals surface area contributed by atoms with Gasteiger partial charge in [0.15, 0.2) is 0 Å². The van der Waals surface area contributed by atoms with Crippen molar-refractivity contribution in [1.29, 1.82) is 0 Å². The van der Waals surface area contributed by atoms with Crippen LogP contribution in [0.4, 0.5) is 0 Å². The molecule has 0 saturated carbocycles. The van der Waals surface area contributed by atoms with Gasteiger partial charge in [-0.25, -0.2) is 0 Å². The molecule has 0 saturated heterocycles. The molecule has 1 aromatic rings. The maximum atomic E-state index is 11.3. The Labute approximate surface area is 102 Å². The van der Waals surface area contributed by atoms with E-state index in [1.165, 1.54) is 7.11 Å². The second kappa shape index (κ2) is 6.39. The molecule has 5 heteroatoms. The highest BCUT2D eigenvalue weighted by molar-refractivity contribution is 5.72. The zero-order valence-electron chi connectivity index (χ0n) is 11.0. The van der Waals surface area contributed by atoms with Gasteiger partial charge in [-0.15, -0.1) is 0 Å².